The van der Waals surface area contributed by atoms with Crippen molar-refractivity contribution in [2.75, 3.05) is 17.7 Å². The van der Waals surface area contributed by atoms with Crippen LogP contribution in [0.3, 0.4) is 0 Å². The Labute approximate surface area is 111 Å². The molecular formula is C11H14BrNO3S. The predicted octanol–water partition coefficient (Wildman–Crippen LogP) is 1.52. The smallest absolute Gasteiger partial charge is 0.239 e. The quantitative estimate of drug-likeness (QED) is 0.864. The van der Waals surface area contributed by atoms with Gasteiger partial charge in [-0.2, -0.15) is 0 Å². The molecule has 0 aliphatic carbocycles. The van der Waals surface area contributed by atoms with Gasteiger partial charge in [-0.15, -0.1) is 0 Å². The van der Waals surface area contributed by atoms with E-state index in [4.69, 9.17) is 5.11 Å². The normalized spacial score (nSPS) is 14.1. The average Bonchev–Trinajstić information content (AvgIpc) is 2.28. The molecule has 17 heavy (non-hydrogen) atoms. The van der Waals surface area contributed by atoms with Crippen molar-refractivity contribution in [3.8, 4) is 0 Å². The average molecular weight is 320 g/mol. The molecule has 0 saturated heterocycles. The molecule has 1 aromatic rings. The number of carbonyl (C=O) groups excluding carboxylic acids is 1. The predicted molar refractivity (Wildman–Crippen MR) is 72.3 cm³/mol. The molecule has 1 amide bonds. The van der Waals surface area contributed by atoms with Crippen molar-refractivity contribution in [3.63, 3.8) is 0 Å². The number of halogens is 1. The zero-order valence-electron chi connectivity index (χ0n) is 9.35. The lowest BCUT2D eigenvalue weighted by atomic mass is 10.3. The van der Waals surface area contributed by atoms with Gasteiger partial charge in [0.2, 0.25) is 5.91 Å². The molecule has 1 rings (SSSR count). The molecule has 0 heterocycles. The first kappa shape index (κ1) is 14.3. The van der Waals surface area contributed by atoms with Crippen LogP contribution in [0.1, 0.15) is 6.92 Å². The molecule has 2 N–H and O–H groups in total. The van der Waals surface area contributed by atoms with E-state index in [2.05, 4.69) is 21.2 Å². The minimum atomic E-state index is -1.35. The summed E-state index contributed by atoms with van der Waals surface area (Å²) in [6.45, 7) is 1.40. The number of rotatable bonds is 5. The number of aliphatic hydroxyl groups excluding tert-OH is 1. The Bertz CT molecular complexity index is 425. The molecule has 0 aromatic heterocycles. The molecule has 0 spiro atoms. The first-order valence-corrected chi connectivity index (χ1v) is 7.26. The van der Waals surface area contributed by atoms with Gasteiger partial charge in [0.15, 0.2) is 0 Å². The maximum Gasteiger partial charge on any atom is 0.239 e. The summed E-state index contributed by atoms with van der Waals surface area (Å²) in [5.74, 6) is -0.192. The maximum atomic E-state index is 11.7. The molecule has 2 unspecified atom stereocenters. The van der Waals surface area contributed by atoms with E-state index >= 15 is 0 Å². The summed E-state index contributed by atoms with van der Waals surface area (Å²) < 4.78 is 12.4. The van der Waals surface area contributed by atoms with Crippen molar-refractivity contribution in [2.45, 2.75) is 12.2 Å². The van der Waals surface area contributed by atoms with Crippen LogP contribution in [0.5, 0.6) is 0 Å². The zero-order valence-corrected chi connectivity index (χ0v) is 11.8. The summed E-state index contributed by atoms with van der Waals surface area (Å²) in [6, 6.07) is 7.17. The van der Waals surface area contributed by atoms with Crippen LogP contribution in [0.2, 0.25) is 0 Å². The van der Waals surface area contributed by atoms with Gasteiger partial charge in [-0.05, 0) is 25.1 Å². The molecule has 94 valence electrons. The molecule has 0 aliphatic rings. The van der Waals surface area contributed by atoms with Gasteiger partial charge < -0.3 is 10.4 Å². The molecule has 0 saturated carbocycles. The van der Waals surface area contributed by atoms with Crippen molar-refractivity contribution in [1.29, 1.82) is 0 Å². The molecule has 6 heteroatoms. The van der Waals surface area contributed by atoms with Gasteiger partial charge in [-0.1, -0.05) is 22.0 Å². The van der Waals surface area contributed by atoms with Crippen LogP contribution >= 0.6 is 15.9 Å². The van der Waals surface area contributed by atoms with Crippen molar-refractivity contribution >= 4 is 38.3 Å². The van der Waals surface area contributed by atoms with Crippen molar-refractivity contribution < 1.29 is 14.1 Å². The first-order chi connectivity index (χ1) is 8.04. The number of nitrogens with one attached hydrogen (secondary N) is 1. The topological polar surface area (TPSA) is 66.4 Å². The van der Waals surface area contributed by atoms with Gasteiger partial charge in [0, 0.05) is 26.7 Å². The first-order valence-electron chi connectivity index (χ1n) is 5.09. The summed E-state index contributed by atoms with van der Waals surface area (Å²) in [7, 11) is -1.35. The fourth-order valence-electron chi connectivity index (χ4n) is 1.20. The second kappa shape index (κ2) is 6.88. The number of anilines is 1. The highest BCUT2D eigenvalue weighted by atomic mass is 79.9. The van der Waals surface area contributed by atoms with Crippen LogP contribution in [0.25, 0.3) is 0 Å². The summed E-state index contributed by atoms with van der Waals surface area (Å²) in [6.07, 6.45) is 0. The van der Waals surface area contributed by atoms with E-state index in [1.807, 2.05) is 6.07 Å². The Hall–Kier alpha value is -0.720. The van der Waals surface area contributed by atoms with Gasteiger partial charge in [0.05, 0.1) is 6.61 Å². The fourth-order valence-corrected chi connectivity index (χ4v) is 2.43. The Morgan fingerprint density at radius 1 is 1.59 bits per heavy atom. The van der Waals surface area contributed by atoms with Gasteiger partial charge in [-0.3, -0.25) is 9.00 Å². The van der Waals surface area contributed by atoms with E-state index < -0.39 is 16.0 Å². The third kappa shape index (κ3) is 4.57. The van der Waals surface area contributed by atoms with Crippen LogP contribution in [0.4, 0.5) is 5.69 Å². The number of aliphatic hydroxyl groups is 1. The SMILES string of the molecule is CC(C(=O)Nc1cccc(Br)c1)S(=O)CCO. The molecular weight excluding hydrogens is 306 g/mol. The highest BCUT2D eigenvalue weighted by Gasteiger charge is 2.19. The summed E-state index contributed by atoms with van der Waals surface area (Å²) >= 11 is 3.30. The minimum absolute atomic E-state index is 0.118. The monoisotopic (exact) mass is 319 g/mol. The Morgan fingerprint density at radius 2 is 2.29 bits per heavy atom. The zero-order chi connectivity index (χ0) is 12.8. The maximum absolute atomic E-state index is 11.7. The molecule has 4 nitrogen and oxygen atoms in total. The number of amides is 1. The largest absolute Gasteiger partial charge is 0.395 e. The molecule has 0 fully saturated rings. The summed E-state index contributed by atoms with van der Waals surface area (Å²) in [5.41, 5.74) is 0.650. The minimum Gasteiger partial charge on any atom is -0.395 e. The van der Waals surface area contributed by atoms with Gasteiger partial charge in [0.25, 0.3) is 0 Å². The Morgan fingerprint density at radius 3 is 2.88 bits per heavy atom. The van der Waals surface area contributed by atoms with Gasteiger partial charge in [-0.25, -0.2) is 0 Å². The van der Waals surface area contributed by atoms with E-state index in [1.54, 1.807) is 25.1 Å². The van der Waals surface area contributed by atoms with Crippen LogP contribution < -0.4 is 5.32 Å². The van der Waals surface area contributed by atoms with E-state index in [0.29, 0.717) is 5.69 Å². The van der Waals surface area contributed by atoms with E-state index in [0.717, 1.165) is 4.47 Å². The third-order valence-electron chi connectivity index (χ3n) is 2.15. The molecule has 0 bridgehead atoms. The van der Waals surface area contributed by atoms with Crippen LogP contribution in [-0.2, 0) is 15.6 Å². The second-order valence-electron chi connectivity index (χ2n) is 3.45. The lowest BCUT2D eigenvalue weighted by Crippen LogP contribution is -2.30. The van der Waals surface area contributed by atoms with Crippen molar-refractivity contribution in [3.05, 3.63) is 28.7 Å². The van der Waals surface area contributed by atoms with Gasteiger partial charge in [0.1, 0.15) is 5.25 Å². The Balaban J connectivity index is 2.63. The second-order valence-corrected chi connectivity index (χ2v) is 6.24. The lowest BCUT2D eigenvalue weighted by molar-refractivity contribution is -0.115. The molecule has 0 aliphatic heterocycles. The van der Waals surface area contributed by atoms with Gasteiger partial charge >= 0.3 is 0 Å². The van der Waals surface area contributed by atoms with Crippen LogP contribution in [0, 0.1) is 0 Å². The highest BCUT2D eigenvalue weighted by molar-refractivity contribution is 9.10. The number of carbonyl (C=O) groups is 1. The molecule has 2 atom stereocenters. The number of hydrogen-bond donors (Lipinski definition) is 2. The van der Waals surface area contributed by atoms with E-state index in [1.165, 1.54) is 0 Å². The van der Waals surface area contributed by atoms with Crippen LogP contribution in [0.15, 0.2) is 28.7 Å². The van der Waals surface area contributed by atoms with Crippen molar-refractivity contribution in [1.82, 2.24) is 0 Å². The van der Waals surface area contributed by atoms with E-state index in [-0.39, 0.29) is 18.3 Å². The lowest BCUT2D eigenvalue weighted by Gasteiger charge is -2.11. The van der Waals surface area contributed by atoms with Crippen LogP contribution in [-0.4, -0.2) is 32.8 Å². The fraction of sp³-hybridized carbons (Fsp3) is 0.364. The Kier molecular flexibility index (Phi) is 5.80. The molecule has 1 aromatic carbocycles. The summed E-state index contributed by atoms with van der Waals surface area (Å²) in [5, 5.41) is 10.7. The number of benzene rings is 1. The third-order valence-corrected chi connectivity index (χ3v) is 4.23. The molecule has 0 radical (unpaired) electrons. The number of hydrogen-bond acceptors (Lipinski definition) is 3. The highest BCUT2D eigenvalue weighted by Crippen LogP contribution is 2.16. The van der Waals surface area contributed by atoms with E-state index in [9.17, 15) is 9.00 Å². The summed E-state index contributed by atoms with van der Waals surface area (Å²) in [4.78, 5) is 11.7. The van der Waals surface area contributed by atoms with Crippen molar-refractivity contribution in [2.24, 2.45) is 0 Å². The standard InChI is InChI=1S/C11H14BrNO3S/c1-8(17(16)6-5-14)11(15)13-10-4-2-3-9(12)7-10/h2-4,7-8,14H,5-6H2,1H3,(H,13,15).